The Kier molecular flexibility index (Phi) is 4.18. The van der Waals surface area contributed by atoms with Crippen LogP contribution in [0.3, 0.4) is 0 Å². The Morgan fingerprint density at radius 1 is 1.29 bits per heavy atom. The number of esters is 1. The Morgan fingerprint density at radius 3 is 2.53 bits per heavy atom. The fraction of sp³-hybridized carbons (Fsp3) is 0.533. The van der Waals surface area contributed by atoms with E-state index in [-0.39, 0.29) is 12.1 Å². The molecule has 0 radical (unpaired) electrons. The zero-order valence-electron chi connectivity index (χ0n) is 10.4. The van der Waals surface area contributed by atoms with Crippen LogP contribution in [0, 0.1) is 5.92 Å². The van der Waals surface area contributed by atoms with Crippen LogP contribution in [0.5, 0.6) is 0 Å². The first-order valence-corrected chi connectivity index (χ1v) is 6.48. The lowest BCUT2D eigenvalue weighted by atomic mass is 9.95. The Morgan fingerprint density at radius 2 is 1.94 bits per heavy atom. The number of hydrogen-bond acceptors (Lipinski definition) is 2. The topological polar surface area (TPSA) is 26.3 Å². The van der Waals surface area contributed by atoms with Gasteiger partial charge in [0.25, 0.3) is 0 Å². The third-order valence-electron chi connectivity index (χ3n) is 3.50. The summed E-state index contributed by atoms with van der Waals surface area (Å²) in [7, 11) is 0. The summed E-state index contributed by atoms with van der Waals surface area (Å²) < 4.78 is 5.46. The predicted molar refractivity (Wildman–Crippen MR) is 67.5 cm³/mol. The molecule has 1 aromatic carbocycles. The molecule has 1 aliphatic carbocycles. The minimum absolute atomic E-state index is 0.0585. The Hall–Kier alpha value is -1.31. The van der Waals surface area contributed by atoms with Crippen LogP contribution in [0.1, 0.15) is 50.7 Å². The van der Waals surface area contributed by atoms with E-state index in [4.69, 9.17) is 4.74 Å². The highest BCUT2D eigenvalue weighted by Crippen LogP contribution is 2.34. The number of carbonyl (C=O) groups excluding carboxylic acids is 1. The lowest BCUT2D eigenvalue weighted by molar-refractivity contribution is -0.147. The van der Waals surface area contributed by atoms with Crippen molar-refractivity contribution >= 4 is 5.97 Å². The van der Waals surface area contributed by atoms with E-state index in [1.54, 1.807) is 0 Å². The average molecular weight is 232 g/mol. The summed E-state index contributed by atoms with van der Waals surface area (Å²) in [5.74, 6) is 0.538. The molecule has 2 nitrogen and oxygen atoms in total. The van der Waals surface area contributed by atoms with Crippen molar-refractivity contribution in [3.8, 4) is 0 Å². The molecule has 0 aromatic heterocycles. The normalized spacial score (nSPS) is 17.9. The van der Waals surface area contributed by atoms with Gasteiger partial charge in [0.15, 0.2) is 0 Å². The predicted octanol–water partition coefficient (Wildman–Crippen LogP) is 3.87. The first-order valence-electron chi connectivity index (χ1n) is 6.48. The van der Waals surface area contributed by atoms with E-state index in [1.165, 1.54) is 32.6 Å². The molecular weight excluding hydrogens is 212 g/mol. The van der Waals surface area contributed by atoms with Gasteiger partial charge >= 0.3 is 5.97 Å². The van der Waals surface area contributed by atoms with Crippen LogP contribution in [0.2, 0.25) is 0 Å². The molecule has 1 aliphatic rings. The fourth-order valence-electron chi connectivity index (χ4n) is 2.67. The minimum Gasteiger partial charge on any atom is -0.458 e. The molecular formula is C15H20O2. The van der Waals surface area contributed by atoms with Crippen LogP contribution in [-0.2, 0) is 9.53 Å². The third kappa shape index (κ3) is 3.58. The second kappa shape index (κ2) is 5.85. The molecule has 1 fully saturated rings. The van der Waals surface area contributed by atoms with Gasteiger partial charge in [-0.2, -0.15) is 0 Å². The molecule has 0 aliphatic heterocycles. The minimum atomic E-state index is -0.183. The second-order valence-electron chi connectivity index (χ2n) is 4.89. The van der Waals surface area contributed by atoms with Gasteiger partial charge in [0.2, 0.25) is 0 Å². The summed E-state index contributed by atoms with van der Waals surface area (Å²) in [4.78, 5) is 11.2. The average Bonchev–Trinajstić information content (AvgIpc) is 2.82. The SMILES string of the molecule is CC(=O)O[C@@H](CC1CCCC1)c1ccccc1. The van der Waals surface area contributed by atoms with E-state index in [0.717, 1.165) is 17.9 Å². The van der Waals surface area contributed by atoms with Crippen molar-refractivity contribution in [1.82, 2.24) is 0 Å². The van der Waals surface area contributed by atoms with Gasteiger partial charge in [0.05, 0.1) is 0 Å². The van der Waals surface area contributed by atoms with Crippen molar-refractivity contribution < 1.29 is 9.53 Å². The first-order chi connectivity index (χ1) is 8.25. The van der Waals surface area contributed by atoms with Crippen LogP contribution >= 0.6 is 0 Å². The van der Waals surface area contributed by atoms with E-state index >= 15 is 0 Å². The lowest BCUT2D eigenvalue weighted by Gasteiger charge is -2.20. The molecule has 0 heterocycles. The maximum atomic E-state index is 11.2. The molecule has 2 heteroatoms. The molecule has 0 spiro atoms. The number of benzene rings is 1. The Bertz CT molecular complexity index is 352. The molecule has 1 aromatic rings. The van der Waals surface area contributed by atoms with E-state index < -0.39 is 0 Å². The Balaban J connectivity index is 2.04. The molecule has 0 unspecified atom stereocenters. The lowest BCUT2D eigenvalue weighted by Crippen LogP contribution is -2.12. The highest BCUT2D eigenvalue weighted by Gasteiger charge is 2.23. The molecule has 92 valence electrons. The quantitative estimate of drug-likeness (QED) is 0.736. The summed E-state index contributed by atoms with van der Waals surface area (Å²) in [6.07, 6.45) is 6.13. The Labute approximate surface area is 103 Å². The van der Waals surface area contributed by atoms with Gasteiger partial charge in [-0.3, -0.25) is 4.79 Å². The fourth-order valence-corrected chi connectivity index (χ4v) is 2.67. The van der Waals surface area contributed by atoms with Crippen molar-refractivity contribution in [1.29, 1.82) is 0 Å². The highest BCUT2D eigenvalue weighted by atomic mass is 16.5. The standard InChI is InChI=1S/C15H20O2/c1-12(16)17-15(11-13-7-5-6-8-13)14-9-3-2-4-10-14/h2-4,9-10,13,15H,5-8,11H2,1H3/t15-/m0/s1. The molecule has 2 rings (SSSR count). The molecule has 0 bridgehead atoms. The largest absolute Gasteiger partial charge is 0.458 e. The third-order valence-corrected chi connectivity index (χ3v) is 3.50. The van der Waals surface area contributed by atoms with Gasteiger partial charge < -0.3 is 4.74 Å². The maximum absolute atomic E-state index is 11.2. The molecule has 0 N–H and O–H groups in total. The highest BCUT2D eigenvalue weighted by molar-refractivity contribution is 5.66. The molecule has 17 heavy (non-hydrogen) atoms. The van der Waals surface area contributed by atoms with Crippen LogP contribution in [-0.4, -0.2) is 5.97 Å². The monoisotopic (exact) mass is 232 g/mol. The van der Waals surface area contributed by atoms with Crippen molar-refractivity contribution in [3.63, 3.8) is 0 Å². The first kappa shape index (κ1) is 12.2. The van der Waals surface area contributed by atoms with Crippen LogP contribution < -0.4 is 0 Å². The van der Waals surface area contributed by atoms with Gasteiger partial charge in [0, 0.05) is 6.92 Å². The number of ether oxygens (including phenoxy) is 1. The molecule has 0 amide bonds. The van der Waals surface area contributed by atoms with Gasteiger partial charge in [-0.25, -0.2) is 0 Å². The molecule has 1 atom stereocenters. The number of hydrogen-bond donors (Lipinski definition) is 0. The second-order valence-corrected chi connectivity index (χ2v) is 4.89. The van der Waals surface area contributed by atoms with Gasteiger partial charge in [0.1, 0.15) is 6.10 Å². The summed E-state index contributed by atoms with van der Waals surface area (Å²) >= 11 is 0. The maximum Gasteiger partial charge on any atom is 0.303 e. The van der Waals surface area contributed by atoms with E-state index in [2.05, 4.69) is 0 Å². The van der Waals surface area contributed by atoms with Crippen LogP contribution in [0.25, 0.3) is 0 Å². The van der Waals surface area contributed by atoms with Crippen molar-refractivity contribution in [3.05, 3.63) is 35.9 Å². The summed E-state index contributed by atoms with van der Waals surface area (Å²) in [5, 5.41) is 0. The summed E-state index contributed by atoms with van der Waals surface area (Å²) in [6, 6.07) is 10.1. The van der Waals surface area contributed by atoms with E-state index in [1.807, 2.05) is 30.3 Å². The van der Waals surface area contributed by atoms with Crippen LogP contribution in [0.4, 0.5) is 0 Å². The zero-order chi connectivity index (χ0) is 12.1. The zero-order valence-corrected chi connectivity index (χ0v) is 10.4. The van der Waals surface area contributed by atoms with Crippen molar-refractivity contribution in [2.24, 2.45) is 5.92 Å². The number of carbonyl (C=O) groups is 1. The van der Waals surface area contributed by atoms with Gasteiger partial charge in [-0.15, -0.1) is 0 Å². The molecule has 1 saturated carbocycles. The van der Waals surface area contributed by atoms with Gasteiger partial charge in [-0.05, 0) is 17.9 Å². The van der Waals surface area contributed by atoms with Gasteiger partial charge in [-0.1, -0.05) is 56.0 Å². The summed E-state index contributed by atoms with van der Waals surface area (Å²) in [6.45, 7) is 1.49. The van der Waals surface area contributed by atoms with Crippen molar-refractivity contribution in [2.45, 2.75) is 45.1 Å². The van der Waals surface area contributed by atoms with E-state index in [9.17, 15) is 4.79 Å². The number of rotatable bonds is 4. The summed E-state index contributed by atoms with van der Waals surface area (Å²) in [5.41, 5.74) is 1.12. The van der Waals surface area contributed by atoms with Crippen LogP contribution in [0.15, 0.2) is 30.3 Å². The molecule has 0 saturated heterocycles. The smallest absolute Gasteiger partial charge is 0.303 e. The van der Waals surface area contributed by atoms with E-state index in [0.29, 0.717) is 0 Å². The van der Waals surface area contributed by atoms with Crippen molar-refractivity contribution in [2.75, 3.05) is 0 Å².